The van der Waals surface area contributed by atoms with Gasteiger partial charge in [-0.05, 0) is 35.9 Å². The van der Waals surface area contributed by atoms with Gasteiger partial charge < -0.3 is 14.2 Å². The summed E-state index contributed by atoms with van der Waals surface area (Å²) in [4.78, 5) is 30.4. The molecule has 0 amide bonds. The van der Waals surface area contributed by atoms with Gasteiger partial charge in [-0.1, -0.05) is 23.5 Å². The van der Waals surface area contributed by atoms with Crippen LogP contribution in [0.25, 0.3) is 21.9 Å². The summed E-state index contributed by atoms with van der Waals surface area (Å²) in [7, 11) is 4.57. The summed E-state index contributed by atoms with van der Waals surface area (Å²) in [5.74, 6) is 1.41. The van der Waals surface area contributed by atoms with Crippen LogP contribution in [0, 0.1) is 0 Å². The fourth-order valence-corrected chi connectivity index (χ4v) is 4.01. The van der Waals surface area contributed by atoms with Crippen LogP contribution in [0.4, 0.5) is 0 Å². The first kappa shape index (κ1) is 18.0. The number of benzene rings is 2. The van der Waals surface area contributed by atoms with Crippen molar-refractivity contribution >= 4 is 33.3 Å². The van der Waals surface area contributed by atoms with Crippen LogP contribution in [0.5, 0.6) is 17.2 Å². The van der Waals surface area contributed by atoms with E-state index in [1.54, 1.807) is 42.5 Å². The molecule has 8 heteroatoms. The normalized spacial score (nSPS) is 11.9. The fourth-order valence-electron chi connectivity index (χ4n) is 3.04. The summed E-state index contributed by atoms with van der Waals surface area (Å²) in [5.41, 5.74) is 0.465. The zero-order chi connectivity index (χ0) is 19.8. The Labute approximate surface area is 163 Å². The average Bonchev–Trinajstić information content (AvgIpc) is 3.02. The molecule has 0 spiro atoms. The standard InChI is InChI=1S/C20H16N2O5S/c1-25-14-8-11(9-15(26-2)17(14)27-3)10-16-19(24)22-18(23)12-6-4-5-7-13(12)21-20(22)28-16/h4-10H,1-3H3/b16-10-. The number of para-hydroxylation sites is 1. The molecule has 0 N–H and O–H groups in total. The average molecular weight is 396 g/mol. The minimum Gasteiger partial charge on any atom is -0.493 e. The summed E-state index contributed by atoms with van der Waals surface area (Å²) in [6, 6.07) is 10.4. The van der Waals surface area contributed by atoms with Gasteiger partial charge in [0.2, 0.25) is 10.7 Å². The van der Waals surface area contributed by atoms with Crippen LogP contribution in [0.15, 0.2) is 46.0 Å². The first-order valence-corrected chi connectivity index (χ1v) is 9.15. The van der Waals surface area contributed by atoms with E-state index in [-0.39, 0.29) is 5.56 Å². The molecular weight excluding hydrogens is 380 g/mol. The largest absolute Gasteiger partial charge is 0.493 e. The monoisotopic (exact) mass is 396 g/mol. The first-order chi connectivity index (χ1) is 13.6. The Kier molecular flexibility index (Phi) is 4.48. The van der Waals surface area contributed by atoms with E-state index in [1.165, 1.54) is 21.3 Å². The smallest absolute Gasteiger partial charge is 0.277 e. The number of fused-ring (bicyclic) bond motifs is 2. The van der Waals surface area contributed by atoms with Crippen molar-refractivity contribution in [2.24, 2.45) is 0 Å². The lowest BCUT2D eigenvalue weighted by Crippen LogP contribution is -2.31. The highest BCUT2D eigenvalue weighted by molar-refractivity contribution is 7.15. The maximum Gasteiger partial charge on any atom is 0.277 e. The maximum absolute atomic E-state index is 12.8. The molecular formula is C20H16N2O5S. The molecule has 0 aliphatic rings. The summed E-state index contributed by atoms with van der Waals surface area (Å²) in [5, 5.41) is 0.411. The van der Waals surface area contributed by atoms with E-state index in [9.17, 15) is 9.59 Å². The zero-order valence-corrected chi connectivity index (χ0v) is 16.2. The molecule has 0 aliphatic carbocycles. The van der Waals surface area contributed by atoms with Crippen LogP contribution in [-0.2, 0) is 0 Å². The predicted molar refractivity (Wildman–Crippen MR) is 108 cm³/mol. The number of hydrogen-bond donors (Lipinski definition) is 0. The van der Waals surface area contributed by atoms with E-state index in [0.29, 0.717) is 43.2 Å². The third-order valence-electron chi connectivity index (χ3n) is 4.34. The Balaban J connectivity index is 2.00. The van der Waals surface area contributed by atoms with Gasteiger partial charge in [-0.2, -0.15) is 0 Å². The first-order valence-electron chi connectivity index (χ1n) is 8.33. The van der Waals surface area contributed by atoms with Gasteiger partial charge in [0, 0.05) is 0 Å². The van der Waals surface area contributed by atoms with Crippen LogP contribution in [-0.4, -0.2) is 30.7 Å². The molecule has 0 bridgehead atoms. The topological polar surface area (TPSA) is 79.1 Å². The number of ether oxygens (including phenoxy) is 3. The number of aromatic nitrogens is 2. The molecule has 0 fully saturated rings. The summed E-state index contributed by atoms with van der Waals surface area (Å²) >= 11 is 1.16. The Morgan fingerprint density at radius 1 is 0.964 bits per heavy atom. The number of methoxy groups -OCH3 is 3. The van der Waals surface area contributed by atoms with Crippen molar-refractivity contribution in [1.29, 1.82) is 0 Å². The van der Waals surface area contributed by atoms with Crippen molar-refractivity contribution in [2.45, 2.75) is 0 Å². The summed E-state index contributed by atoms with van der Waals surface area (Å²) < 4.78 is 17.5. The molecule has 2 heterocycles. The third kappa shape index (κ3) is 2.78. The van der Waals surface area contributed by atoms with Crippen molar-refractivity contribution < 1.29 is 14.2 Å². The van der Waals surface area contributed by atoms with Crippen molar-refractivity contribution in [3.63, 3.8) is 0 Å². The molecule has 0 saturated heterocycles. The minimum absolute atomic E-state index is 0.354. The van der Waals surface area contributed by atoms with E-state index < -0.39 is 5.56 Å². The molecule has 28 heavy (non-hydrogen) atoms. The Morgan fingerprint density at radius 2 is 1.64 bits per heavy atom. The second-order valence-electron chi connectivity index (χ2n) is 5.93. The molecule has 142 valence electrons. The van der Waals surface area contributed by atoms with E-state index >= 15 is 0 Å². The molecule has 2 aromatic heterocycles. The predicted octanol–water partition coefficient (Wildman–Crippen LogP) is 1.84. The second kappa shape index (κ2) is 6.97. The van der Waals surface area contributed by atoms with Crippen LogP contribution in [0.2, 0.25) is 0 Å². The molecule has 0 unspecified atom stereocenters. The Hall–Kier alpha value is -3.39. The van der Waals surface area contributed by atoms with Gasteiger partial charge in [0.1, 0.15) is 0 Å². The number of thiazole rings is 1. The third-order valence-corrected chi connectivity index (χ3v) is 5.31. The van der Waals surface area contributed by atoms with Gasteiger partial charge in [0.25, 0.3) is 11.1 Å². The highest BCUT2D eigenvalue weighted by atomic mass is 32.1. The highest BCUT2D eigenvalue weighted by Crippen LogP contribution is 2.38. The van der Waals surface area contributed by atoms with E-state index in [1.807, 2.05) is 0 Å². The van der Waals surface area contributed by atoms with E-state index in [0.717, 1.165) is 15.7 Å². The van der Waals surface area contributed by atoms with Crippen LogP contribution >= 0.6 is 11.3 Å². The SMILES string of the molecule is COc1cc(/C=c2\sc3nc4ccccc4c(=O)n3c2=O)cc(OC)c1OC. The van der Waals surface area contributed by atoms with Crippen LogP contribution in [0.1, 0.15) is 5.56 Å². The molecule has 7 nitrogen and oxygen atoms in total. The van der Waals surface area contributed by atoms with Crippen LogP contribution in [0.3, 0.4) is 0 Å². The van der Waals surface area contributed by atoms with Gasteiger partial charge in [0.05, 0.1) is 36.8 Å². The number of hydrogen-bond acceptors (Lipinski definition) is 7. The maximum atomic E-state index is 12.8. The lowest BCUT2D eigenvalue weighted by Gasteiger charge is -2.12. The van der Waals surface area contributed by atoms with Gasteiger partial charge in [-0.3, -0.25) is 9.59 Å². The molecule has 0 saturated carbocycles. The van der Waals surface area contributed by atoms with Crippen molar-refractivity contribution in [3.05, 3.63) is 67.2 Å². The number of nitrogens with zero attached hydrogens (tertiary/aromatic N) is 2. The number of rotatable bonds is 4. The van der Waals surface area contributed by atoms with Crippen LogP contribution < -0.4 is 29.9 Å². The molecule has 0 radical (unpaired) electrons. The summed E-state index contributed by atoms with van der Waals surface area (Å²) in [6.45, 7) is 0. The van der Waals surface area contributed by atoms with E-state index in [4.69, 9.17) is 14.2 Å². The molecule has 0 aliphatic heterocycles. The molecule has 4 rings (SSSR count). The van der Waals surface area contributed by atoms with E-state index in [2.05, 4.69) is 4.98 Å². The van der Waals surface area contributed by atoms with Crippen molar-refractivity contribution in [2.75, 3.05) is 21.3 Å². The van der Waals surface area contributed by atoms with Gasteiger partial charge in [-0.25, -0.2) is 9.38 Å². The fraction of sp³-hybridized carbons (Fsp3) is 0.150. The second-order valence-corrected chi connectivity index (χ2v) is 6.94. The molecule has 0 atom stereocenters. The molecule has 4 aromatic rings. The molecule has 2 aromatic carbocycles. The zero-order valence-electron chi connectivity index (χ0n) is 15.4. The Morgan fingerprint density at radius 3 is 2.29 bits per heavy atom. The summed E-state index contributed by atoms with van der Waals surface area (Å²) in [6.07, 6.45) is 1.68. The van der Waals surface area contributed by atoms with Crippen molar-refractivity contribution in [1.82, 2.24) is 9.38 Å². The minimum atomic E-state index is -0.406. The Bertz CT molecular complexity index is 1350. The van der Waals surface area contributed by atoms with Gasteiger partial charge >= 0.3 is 0 Å². The van der Waals surface area contributed by atoms with Crippen molar-refractivity contribution in [3.8, 4) is 17.2 Å². The lowest BCUT2D eigenvalue weighted by atomic mass is 10.1. The highest BCUT2D eigenvalue weighted by Gasteiger charge is 2.14. The van der Waals surface area contributed by atoms with Gasteiger partial charge in [0.15, 0.2) is 11.5 Å². The van der Waals surface area contributed by atoms with Gasteiger partial charge in [-0.15, -0.1) is 0 Å². The quantitative estimate of drug-likeness (QED) is 0.524. The lowest BCUT2D eigenvalue weighted by molar-refractivity contribution is 0.324.